The highest BCUT2D eigenvalue weighted by Gasteiger charge is 2.24. The zero-order valence-corrected chi connectivity index (χ0v) is 18.5. The molecule has 0 saturated heterocycles. The third-order valence-electron chi connectivity index (χ3n) is 4.70. The molecule has 0 unspecified atom stereocenters. The normalized spacial score (nSPS) is 10.8. The number of methoxy groups -OCH3 is 1. The van der Waals surface area contributed by atoms with Gasteiger partial charge in [0.15, 0.2) is 5.69 Å². The van der Waals surface area contributed by atoms with Crippen molar-refractivity contribution in [3.8, 4) is 0 Å². The van der Waals surface area contributed by atoms with Gasteiger partial charge in [0.25, 0.3) is 5.56 Å². The lowest BCUT2D eigenvalue weighted by molar-refractivity contribution is -0.116. The van der Waals surface area contributed by atoms with Crippen LogP contribution < -0.4 is 21.9 Å². The molecule has 0 fully saturated rings. The number of aromatic nitrogens is 3. The minimum Gasteiger partial charge on any atom is -0.383 e. The number of hydrogen-bond donors (Lipinski definition) is 2. The van der Waals surface area contributed by atoms with Crippen molar-refractivity contribution < 1.29 is 9.53 Å². The predicted molar refractivity (Wildman–Crippen MR) is 126 cm³/mol. The van der Waals surface area contributed by atoms with Gasteiger partial charge in [-0.3, -0.25) is 24.1 Å². The third kappa shape index (κ3) is 5.86. The van der Waals surface area contributed by atoms with Gasteiger partial charge in [-0.1, -0.05) is 36.4 Å². The van der Waals surface area contributed by atoms with Crippen molar-refractivity contribution >= 4 is 29.2 Å². The van der Waals surface area contributed by atoms with Gasteiger partial charge in [0, 0.05) is 31.8 Å². The number of anilines is 2. The first-order valence-corrected chi connectivity index (χ1v) is 11.1. The van der Waals surface area contributed by atoms with E-state index < -0.39 is 11.2 Å². The number of nitrogens with one attached hydrogen (secondary N) is 1. The van der Waals surface area contributed by atoms with E-state index in [0.29, 0.717) is 5.75 Å². The van der Waals surface area contributed by atoms with E-state index in [9.17, 15) is 14.4 Å². The molecule has 3 aromatic rings. The van der Waals surface area contributed by atoms with Crippen molar-refractivity contribution in [2.45, 2.75) is 12.3 Å². The number of thioether (sulfide) groups is 1. The van der Waals surface area contributed by atoms with Crippen molar-refractivity contribution in [2.24, 2.45) is 0 Å². The van der Waals surface area contributed by atoms with Crippen LogP contribution in [0.15, 0.2) is 64.4 Å². The Morgan fingerprint density at radius 3 is 2.62 bits per heavy atom. The molecule has 0 aliphatic carbocycles. The Morgan fingerprint density at radius 1 is 1.19 bits per heavy atom. The molecule has 1 aromatic carbocycles. The average molecular weight is 456 g/mol. The molecular weight excluding hydrogens is 430 g/mol. The van der Waals surface area contributed by atoms with Gasteiger partial charge in [-0.25, -0.2) is 4.79 Å². The summed E-state index contributed by atoms with van der Waals surface area (Å²) in [7, 11) is 1.50. The number of aromatic amines is 1. The summed E-state index contributed by atoms with van der Waals surface area (Å²) in [4.78, 5) is 45.8. The van der Waals surface area contributed by atoms with Gasteiger partial charge in [-0.15, -0.1) is 11.8 Å². The zero-order chi connectivity index (χ0) is 22.9. The molecule has 9 nitrogen and oxygen atoms in total. The number of carbonyl (C=O) groups is 1. The number of nitrogens with two attached hydrogens (primary N) is 1. The fourth-order valence-electron chi connectivity index (χ4n) is 3.12. The van der Waals surface area contributed by atoms with Crippen molar-refractivity contribution in [1.82, 2.24) is 14.5 Å². The average Bonchev–Trinajstić information content (AvgIpc) is 2.80. The summed E-state index contributed by atoms with van der Waals surface area (Å²) in [5.41, 5.74) is 6.68. The predicted octanol–water partition coefficient (Wildman–Crippen LogP) is 1.47. The first kappa shape index (κ1) is 23.3. The Hall–Kier alpha value is -3.37. The second kappa shape index (κ2) is 11.3. The monoisotopic (exact) mass is 455 g/mol. The van der Waals surface area contributed by atoms with Crippen LogP contribution in [-0.2, 0) is 21.8 Å². The molecule has 2 aromatic heterocycles. The first-order valence-electron chi connectivity index (χ1n) is 9.93. The molecule has 10 heteroatoms. The van der Waals surface area contributed by atoms with E-state index in [1.54, 1.807) is 12.4 Å². The van der Waals surface area contributed by atoms with Crippen LogP contribution in [0, 0.1) is 0 Å². The van der Waals surface area contributed by atoms with Gasteiger partial charge in [0.2, 0.25) is 5.91 Å². The lowest BCUT2D eigenvalue weighted by atomic mass is 10.2. The summed E-state index contributed by atoms with van der Waals surface area (Å²) in [6.07, 6.45) is 3.42. The highest BCUT2D eigenvalue weighted by Crippen LogP contribution is 2.20. The van der Waals surface area contributed by atoms with E-state index in [-0.39, 0.29) is 42.9 Å². The maximum Gasteiger partial charge on any atom is 0.330 e. The molecule has 0 atom stereocenters. The van der Waals surface area contributed by atoms with Gasteiger partial charge in [0.05, 0.1) is 18.9 Å². The molecule has 0 spiro atoms. The van der Waals surface area contributed by atoms with Crippen LogP contribution in [0.1, 0.15) is 11.1 Å². The van der Waals surface area contributed by atoms with Crippen molar-refractivity contribution in [2.75, 3.05) is 36.6 Å². The molecule has 1 amide bonds. The SMILES string of the molecule is COCCN(C(=O)CSCc1cccnc1)c1c(N)n(Cc2ccccc2)c(=O)[nH]c1=O. The van der Waals surface area contributed by atoms with E-state index in [2.05, 4.69) is 9.97 Å². The minimum absolute atomic E-state index is 0.0513. The largest absolute Gasteiger partial charge is 0.383 e. The lowest BCUT2D eigenvalue weighted by Crippen LogP contribution is -2.43. The van der Waals surface area contributed by atoms with Crippen LogP contribution in [0.5, 0.6) is 0 Å². The van der Waals surface area contributed by atoms with Crippen LogP contribution in [-0.4, -0.2) is 46.5 Å². The summed E-state index contributed by atoms with van der Waals surface area (Å²) in [5.74, 6) is 0.342. The number of ether oxygens (including phenoxy) is 1. The quantitative estimate of drug-likeness (QED) is 0.475. The van der Waals surface area contributed by atoms with Crippen LogP contribution >= 0.6 is 11.8 Å². The van der Waals surface area contributed by atoms with Gasteiger partial charge in [0.1, 0.15) is 5.82 Å². The fraction of sp³-hybridized carbons (Fsp3) is 0.273. The first-order chi connectivity index (χ1) is 15.5. The summed E-state index contributed by atoms with van der Waals surface area (Å²) in [6.45, 7) is 0.493. The number of carbonyl (C=O) groups excluding carboxylic acids is 1. The van der Waals surface area contributed by atoms with Crippen molar-refractivity contribution in [1.29, 1.82) is 0 Å². The number of benzene rings is 1. The van der Waals surface area contributed by atoms with Crippen LogP contribution in [0.4, 0.5) is 11.5 Å². The smallest absolute Gasteiger partial charge is 0.330 e. The summed E-state index contributed by atoms with van der Waals surface area (Å²) in [6, 6.07) is 13.0. The highest BCUT2D eigenvalue weighted by atomic mass is 32.2. The molecular formula is C22H25N5O4S. The molecule has 0 aliphatic rings. The van der Waals surface area contributed by atoms with E-state index >= 15 is 0 Å². The molecule has 168 valence electrons. The molecule has 0 aliphatic heterocycles. The third-order valence-corrected chi connectivity index (χ3v) is 5.69. The minimum atomic E-state index is -0.710. The maximum atomic E-state index is 13.0. The Balaban J connectivity index is 1.87. The second-order valence-electron chi connectivity index (χ2n) is 6.96. The molecule has 3 rings (SSSR count). The maximum absolute atomic E-state index is 13.0. The van der Waals surface area contributed by atoms with E-state index in [4.69, 9.17) is 10.5 Å². The van der Waals surface area contributed by atoms with Crippen LogP contribution in [0.3, 0.4) is 0 Å². The molecule has 32 heavy (non-hydrogen) atoms. The van der Waals surface area contributed by atoms with Gasteiger partial charge in [-0.2, -0.15) is 0 Å². The zero-order valence-electron chi connectivity index (χ0n) is 17.7. The van der Waals surface area contributed by atoms with Crippen LogP contribution in [0.25, 0.3) is 0 Å². The van der Waals surface area contributed by atoms with Gasteiger partial charge < -0.3 is 15.4 Å². The van der Waals surface area contributed by atoms with Crippen molar-refractivity contribution in [3.05, 3.63) is 86.8 Å². The Morgan fingerprint density at radius 2 is 1.94 bits per heavy atom. The fourth-order valence-corrected chi connectivity index (χ4v) is 3.96. The summed E-state index contributed by atoms with van der Waals surface area (Å²) < 4.78 is 6.37. The molecule has 2 heterocycles. The number of amides is 1. The lowest BCUT2D eigenvalue weighted by Gasteiger charge is -2.24. The standard InChI is InChI=1S/C22H25N5O4S/c1-31-11-10-26(18(28)15-32-14-17-8-5-9-24-12-17)19-20(23)27(22(30)25-21(19)29)13-16-6-3-2-4-7-16/h2-9,12H,10-11,13-15,23H2,1H3,(H,25,29,30). The topological polar surface area (TPSA) is 123 Å². The van der Waals surface area contributed by atoms with E-state index in [1.165, 1.54) is 28.3 Å². The highest BCUT2D eigenvalue weighted by molar-refractivity contribution is 7.99. The van der Waals surface area contributed by atoms with Crippen molar-refractivity contribution in [3.63, 3.8) is 0 Å². The molecule has 3 N–H and O–H groups in total. The molecule has 0 bridgehead atoms. The Bertz CT molecular complexity index is 1150. The van der Waals surface area contributed by atoms with E-state index in [1.807, 2.05) is 42.5 Å². The van der Waals surface area contributed by atoms with Crippen LogP contribution in [0.2, 0.25) is 0 Å². The summed E-state index contributed by atoms with van der Waals surface area (Å²) >= 11 is 1.40. The Labute approximate surface area is 189 Å². The molecule has 0 radical (unpaired) electrons. The van der Waals surface area contributed by atoms with Gasteiger partial charge in [-0.05, 0) is 17.2 Å². The van der Waals surface area contributed by atoms with Gasteiger partial charge >= 0.3 is 5.69 Å². The number of H-pyrrole nitrogens is 1. The number of nitrogen functional groups attached to an aromatic ring is 1. The van der Waals surface area contributed by atoms with E-state index in [0.717, 1.165) is 11.1 Å². The number of hydrogen-bond acceptors (Lipinski definition) is 7. The molecule has 0 saturated carbocycles. The number of nitrogens with zero attached hydrogens (tertiary/aromatic N) is 3. The Kier molecular flexibility index (Phi) is 8.23. The number of rotatable bonds is 10. The summed E-state index contributed by atoms with van der Waals surface area (Å²) in [5, 5.41) is 0. The number of pyridine rings is 1. The second-order valence-corrected chi connectivity index (χ2v) is 7.94.